The molecule has 9 heteroatoms. The van der Waals surface area contributed by atoms with Crippen LogP contribution >= 0.6 is 0 Å². The predicted octanol–water partition coefficient (Wildman–Crippen LogP) is 5.57. The molecule has 0 radical (unpaired) electrons. The van der Waals surface area contributed by atoms with Crippen LogP contribution in [-0.2, 0) is 19.0 Å². The highest BCUT2D eigenvalue weighted by Gasteiger charge is 2.50. The Balaban J connectivity index is 1.76. The molecule has 0 spiro atoms. The molecule has 1 aromatic rings. The molecule has 38 heavy (non-hydrogen) atoms. The molecule has 8 nitrogen and oxygen atoms in total. The summed E-state index contributed by atoms with van der Waals surface area (Å²) in [6, 6.07) is 6.91. The summed E-state index contributed by atoms with van der Waals surface area (Å²) in [6.45, 7) is 2.94. The number of benzene rings is 1. The molecule has 3 atom stereocenters. The van der Waals surface area contributed by atoms with Crippen molar-refractivity contribution in [2.75, 3.05) is 34.9 Å². The summed E-state index contributed by atoms with van der Waals surface area (Å²) in [6.07, 6.45) is 8.20. The number of aliphatic imine (C=N–C) groups is 1. The lowest BCUT2D eigenvalue weighted by Crippen LogP contribution is -2.50. The van der Waals surface area contributed by atoms with Crippen LogP contribution in [0.2, 0.25) is 0 Å². The summed E-state index contributed by atoms with van der Waals surface area (Å²) in [5, 5.41) is 0. The number of unbranched alkanes of at least 4 members (excludes halogenated alkanes) is 1. The van der Waals surface area contributed by atoms with Crippen LogP contribution in [0.1, 0.15) is 76.3 Å². The average Bonchev–Trinajstić information content (AvgIpc) is 3.23. The van der Waals surface area contributed by atoms with Gasteiger partial charge < -0.3 is 24.0 Å². The lowest BCUT2D eigenvalue weighted by atomic mass is 9.73. The summed E-state index contributed by atoms with van der Waals surface area (Å²) >= 11 is 0. The van der Waals surface area contributed by atoms with Gasteiger partial charge in [-0.15, -0.1) is 0 Å². The number of rotatable bonds is 12. The van der Waals surface area contributed by atoms with Gasteiger partial charge in [-0.05, 0) is 69.3 Å². The zero-order valence-electron chi connectivity index (χ0n) is 23.5. The van der Waals surface area contributed by atoms with Crippen molar-refractivity contribution >= 4 is 18.5 Å². The van der Waals surface area contributed by atoms with Crippen LogP contribution in [0.15, 0.2) is 29.3 Å². The normalized spacial score (nSPS) is 25.9. The average molecular weight is 534 g/mol. The molecule has 3 unspecified atom stereocenters. The third-order valence-corrected chi connectivity index (χ3v) is 8.10. The molecule has 1 heterocycles. The Hall–Kier alpha value is -2.68. The Morgan fingerprint density at radius 1 is 1.18 bits per heavy atom. The van der Waals surface area contributed by atoms with Gasteiger partial charge >= 0.3 is 12.1 Å². The van der Waals surface area contributed by atoms with E-state index in [0.717, 1.165) is 57.1 Å². The number of hydrogen-bond acceptors (Lipinski definition) is 8. The second kappa shape index (κ2) is 13.9. The van der Waals surface area contributed by atoms with Crippen LogP contribution in [-0.4, -0.2) is 74.9 Å². The highest BCUT2D eigenvalue weighted by molar-refractivity contribution is 5.70. The first-order valence-electron chi connectivity index (χ1n) is 13.8. The van der Waals surface area contributed by atoms with Gasteiger partial charge in [0, 0.05) is 19.0 Å². The maximum absolute atomic E-state index is 14.0. The van der Waals surface area contributed by atoms with Gasteiger partial charge in [0.1, 0.15) is 5.82 Å². The van der Waals surface area contributed by atoms with Crippen molar-refractivity contribution in [2.45, 2.75) is 82.5 Å². The SMILES string of the molecule is CCCCN1C=NC(CCC(=O)OC)(OC(=O)OC)C1CC1CCC(C(c2cccc(F)c2)N(C)C)CC1. The maximum atomic E-state index is 14.0. The fraction of sp³-hybridized carbons (Fsp3) is 0.690. The van der Waals surface area contributed by atoms with Gasteiger partial charge in [-0.2, -0.15) is 0 Å². The number of esters is 1. The molecule has 1 aliphatic carbocycles. The largest absolute Gasteiger partial charge is 0.510 e. The smallest absolute Gasteiger partial charge is 0.469 e. The van der Waals surface area contributed by atoms with Gasteiger partial charge in [-0.1, -0.05) is 38.3 Å². The molecule has 1 aromatic carbocycles. The van der Waals surface area contributed by atoms with Crippen LogP contribution in [0.25, 0.3) is 0 Å². The molecular weight excluding hydrogens is 489 g/mol. The number of nitrogens with zero attached hydrogens (tertiary/aromatic N) is 3. The molecule has 0 amide bonds. The number of carbonyl (C=O) groups is 2. The standard InChI is InChI=1S/C29H44FN3O5/c1-6-7-17-33-20-31-29(38-28(35)37-5,16-15-26(34)36-4)25(33)18-21-11-13-22(14-12-21)27(32(2)3)23-9-8-10-24(30)19-23/h8-10,19-22,25,27H,6-7,11-18H2,1-5H3. The number of carbonyl (C=O) groups excluding carboxylic acids is 2. The number of hydrogen-bond donors (Lipinski definition) is 0. The Morgan fingerprint density at radius 3 is 2.53 bits per heavy atom. The highest BCUT2D eigenvalue weighted by atomic mass is 19.1. The molecule has 212 valence electrons. The Labute approximate surface area is 226 Å². The number of halogens is 1. The zero-order valence-corrected chi connectivity index (χ0v) is 23.5. The van der Waals surface area contributed by atoms with Crippen molar-refractivity contribution < 1.29 is 28.2 Å². The summed E-state index contributed by atoms with van der Waals surface area (Å²) in [5.74, 6) is 0.266. The van der Waals surface area contributed by atoms with Crippen LogP contribution in [0.5, 0.6) is 0 Å². The Morgan fingerprint density at radius 2 is 1.92 bits per heavy atom. The van der Waals surface area contributed by atoms with Gasteiger partial charge in [0.05, 0.1) is 33.0 Å². The predicted molar refractivity (Wildman–Crippen MR) is 144 cm³/mol. The molecule has 0 saturated heterocycles. The van der Waals surface area contributed by atoms with E-state index in [-0.39, 0.29) is 36.7 Å². The lowest BCUT2D eigenvalue weighted by molar-refractivity contribution is -0.143. The van der Waals surface area contributed by atoms with E-state index in [0.29, 0.717) is 11.8 Å². The highest BCUT2D eigenvalue weighted by Crippen LogP contribution is 2.44. The van der Waals surface area contributed by atoms with Gasteiger partial charge in [-0.3, -0.25) is 4.79 Å². The van der Waals surface area contributed by atoms with E-state index in [9.17, 15) is 14.0 Å². The zero-order chi connectivity index (χ0) is 27.7. The second-order valence-electron chi connectivity index (χ2n) is 10.8. The summed E-state index contributed by atoms with van der Waals surface area (Å²) in [5.41, 5.74) is -0.179. The molecule has 1 fully saturated rings. The topological polar surface area (TPSA) is 80.7 Å². The molecule has 2 aliphatic rings. The van der Waals surface area contributed by atoms with E-state index in [2.05, 4.69) is 35.8 Å². The summed E-state index contributed by atoms with van der Waals surface area (Å²) < 4.78 is 29.5. The van der Waals surface area contributed by atoms with Crippen molar-refractivity contribution in [3.05, 3.63) is 35.6 Å². The van der Waals surface area contributed by atoms with E-state index in [1.165, 1.54) is 20.3 Å². The first-order valence-corrected chi connectivity index (χ1v) is 13.8. The van der Waals surface area contributed by atoms with Crippen LogP contribution < -0.4 is 0 Å². The fourth-order valence-electron chi connectivity index (χ4n) is 6.15. The van der Waals surface area contributed by atoms with E-state index in [1.54, 1.807) is 18.5 Å². The monoisotopic (exact) mass is 533 g/mol. The second-order valence-corrected chi connectivity index (χ2v) is 10.8. The van der Waals surface area contributed by atoms with E-state index < -0.39 is 11.9 Å². The number of ether oxygens (including phenoxy) is 3. The lowest BCUT2D eigenvalue weighted by Gasteiger charge is -2.41. The Kier molecular flexibility index (Phi) is 10.9. The first kappa shape index (κ1) is 29.9. The third-order valence-electron chi connectivity index (χ3n) is 8.10. The quantitative estimate of drug-likeness (QED) is 0.325. The van der Waals surface area contributed by atoms with E-state index in [1.807, 2.05) is 6.07 Å². The molecule has 0 aromatic heterocycles. The number of methoxy groups -OCH3 is 2. The molecule has 0 bridgehead atoms. The minimum absolute atomic E-state index is 0.0911. The molecular formula is C29H44FN3O5. The Bertz CT molecular complexity index is 950. The van der Waals surface area contributed by atoms with Gasteiger partial charge in [-0.25, -0.2) is 14.2 Å². The summed E-state index contributed by atoms with van der Waals surface area (Å²) in [4.78, 5) is 33.4. The van der Waals surface area contributed by atoms with Crippen molar-refractivity contribution in [3.8, 4) is 0 Å². The molecule has 0 N–H and O–H groups in total. The van der Waals surface area contributed by atoms with Gasteiger partial charge in [0.2, 0.25) is 5.72 Å². The van der Waals surface area contributed by atoms with Gasteiger partial charge in [0.25, 0.3) is 0 Å². The molecule has 1 saturated carbocycles. The van der Waals surface area contributed by atoms with Crippen LogP contribution in [0.3, 0.4) is 0 Å². The maximum Gasteiger partial charge on any atom is 0.510 e. The minimum atomic E-state index is -1.19. The van der Waals surface area contributed by atoms with Crippen molar-refractivity contribution in [1.29, 1.82) is 0 Å². The third kappa shape index (κ3) is 7.46. The van der Waals surface area contributed by atoms with Crippen molar-refractivity contribution in [1.82, 2.24) is 9.80 Å². The minimum Gasteiger partial charge on any atom is -0.469 e. The van der Waals surface area contributed by atoms with E-state index in [4.69, 9.17) is 14.2 Å². The van der Waals surface area contributed by atoms with Crippen molar-refractivity contribution in [2.24, 2.45) is 16.8 Å². The van der Waals surface area contributed by atoms with Crippen molar-refractivity contribution in [3.63, 3.8) is 0 Å². The molecule has 3 rings (SSSR count). The van der Waals surface area contributed by atoms with E-state index >= 15 is 0 Å². The summed E-state index contributed by atoms with van der Waals surface area (Å²) in [7, 11) is 6.74. The fourth-order valence-corrected chi connectivity index (χ4v) is 6.15. The van der Waals surface area contributed by atoms with Crippen LogP contribution in [0, 0.1) is 17.7 Å². The van der Waals surface area contributed by atoms with Gasteiger partial charge in [0.15, 0.2) is 0 Å². The first-order chi connectivity index (χ1) is 18.2. The van der Waals surface area contributed by atoms with Crippen LogP contribution in [0.4, 0.5) is 9.18 Å². The molecule has 1 aliphatic heterocycles.